The van der Waals surface area contributed by atoms with Crippen LogP contribution in [0.15, 0.2) is 23.3 Å². The minimum Gasteiger partial charge on any atom is -0.461 e. The molecule has 0 radical (unpaired) electrons. The lowest BCUT2D eigenvalue weighted by molar-refractivity contribution is -0.150. The van der Waals surface area contributed by atoms with E-state index in [-0.39, 0.29) is 41.1 Å². The summed E-state index contributed by atoms with van der Waals surface area (Å²) in [4.78, 5) is 36.1. The predicted octanol–water partition coefficient (Wildman–Crippen LogP) is 5.58. The molecule has 0 saturated heterocycles. The van der Waals surface area contributed by atoms with E-state index in [4.69, 9.17) is 9.47 Å². The van der Waals surface area contributed by atoms with Gasteiger partial charge in [0.05, 0.1) is 0 Å². The molecule has 31 heavy (non-hydrogen) atoms. The van der Waals surface area contributed by atoms with E-state index in [1.807, 2.05) is 26.0 Å². The summed E-state index contributed by atoms with van der Waals surface area (Å²) in [5.74, 6) is 0.250. The number of fused-ring (bicyclic) bond motifs is 1. The molecule has 174 valence electrons. The van der Waals surface area contributed by atoms with Gasteiger partial charge in [0.15, 0.2) is 5.78 Å². The first-order valence-electron chi connectivity index (χ1n) is 11.6. The fourth-order valence-electron chi connectivity index (χ4n) is 5.60. The molecule has 5 heteroatoms. The Kier molecular flexibility index (Phi) is 8.29. The quantitative estimate of drug-likeness (QED) is 0.370. The second-order valence-corrected chi connectivity index (χ2v) is 10.1. The minimum absolute atomic E-state index is 0.0107. The molecule has 5 atom stereocenters. The number of carbonyl (C=O) groups is 3. The first-order chi connectivity index (χ1) is 14.4. The summed E-state index contributed by atoms with van der Waals surface area (Å²) in [5.41, 5.74) is 1.89. The third-order valence-corrected chi connectivity index (χ3v) is 8.02. The van der Waals surface area contributed by atoms with Crippen LogP contribution < -0.4 is 0 Å². The van der Waals surface area contributed by atoms with Gasteiger partial charge in [0, 0.05) is 19.8 Å². The van der Waals surface area contributed by atoms with Crippen LogP contribution in [0.2, 0.25) is 0 Å². The van der Waals surface area contributed by atoms with Gasteiger partial charge in [-0.3, -0.25) is 14.4 Å². The first-order valence-corrected chi connectivity index (χ1v) is 11.6. The lowest BCUT2D eigenvalue weighted by Gasteiger charge is -2.58. The van der Waals surface area contributed by atoms with Crippen molar-refractivity contribution >= 4 is 17.7 Å². The largest absolute Gasteiger partial charge is 0.461 e. The zero-order valence-corrected chi connectivity index (χ0v) is 20.4. The summed E-state index contributed by atoms with van der Waals surface area (Å²) >= 11 is 0. The second-order valence-electron chi connectivity index (χ2n) is 10.1. The molecule has 0 amide bonds. The van der Waals surface area contributed by atoms with Crippen LogP contribution in [-0.4, -0.2) is 30.4 Å². The smallest absolute Gasteiger partial charge is 0.306 e. The topological polar surface area (TPSA) is 69.7 Å². The van der Waals surface area contributed by atoms with Crippen molar-refractivity contribution in [3.8, 4) is 0 Å². The molecule has 0 aromatic heterocycles. The van der Waals surface area contributed by atoms with E-state index in [2.05, 4.69) is 27.7 Å². The van der Waals surface area contributed by atoms with Crippen LogP contribution in [0.3, 0.4) is 0 Å². The van der Waals surface area contributed by atoms with Crippen molar-refractivity contribution in [1.82, 2.24) is 0 Å². The van der Waals surface area contributed by atoms with Gasteiger partial charge in [-0.15, -0.1) is 0 Å². The lowest BCUT2D eigenvalue weighted by atomic mass is 9.46. The monoisotopic (exact) mass is 432 g/mol. The molecule has 0 N–H and O–H groups in total. The zero-order chi connectivity index (χ0) is 23.4. The summed E-state index contributed by atoms with van der Waals surface area (Å²) in [6.45, 7) is 14.4. The zero-order valence-electron chi connectivity index (χ0n) is 20.4. The lowest BCUT2D eigenvalue weighted by Crippen LogP contribution is -2.52. The van der Waals surface area contributed by atoms with Crippen LogP contribution in [0.1, 0.15) is 87.0 Å². The predicted molar refractivity (Wildman–Crippen MR) is 121 cm³/mol. The molecule has 0 aromatic rings. The summed E-state index contributed by atoms with van der Waals surface area (Å²) < 4.78 is 11.0. The van der Waals surface area contributed by atoms with Gasteiger partial charge in [0.2, 0.25) is 0 Å². The molecule has 0 heterocycles. The van der Waals surface area contributed by atoms with Gasteiger partial charge in [-0.2, -0.15) is 0 Å². The van der Waals surface area contributed by atoms with Crippen molar-refractivity contribution < 1.29 is 23.9 Å². The Bertz CT molecular complexity index is 764. The van der Waals surface area contributed by atoms with Crippen molar-refractivity contribution in [2.24, 2.45) is 22.7 Å². The fourth-order valence-corrected chi connectivity index (χ4v) is 5.60. The van der Waals surface area contributed by atoms with E-state index in [9.17, 15) is 14.4 Å². The highest BCUT2D eigenvalue weighted by molar-refractivity contribution is 5.92. The van der Waals surface area contributed by atoms with Gasteiger partial charge < -0.3 is 9.47 Å². The Morgan fingerprint density at radius 2 is 1.97 bits per heavy atom. The highest BCUT2D eigenvalue weighted by atomic mass is 16.5. The molecule has 1 saturated carbocycles. The molecule has 0 bridgehead atoms. The number of rotatable bonds is 8. The molecule has 2 aliphatic carbocycles. The van der Waals surface area contributed by atoms with Crippen LogP contribution in [0.5, 0.6) is 0 Å². The average Bonchev–Trinajstić information content (AvgIpc) is 2.67. The Balaban J connectivity index is 2.29. The van der Waals surface area contributed by atoms with Crippen molar-refractivity contribution in [2.45, 2.75) is 93.1 Å². The number of hydrogen-bond acceptors (Lipinski definition) is 5. The average molecular weight is 433 g/mol. The molecule has 0 unspecified atom stereocenters. The van der Waals surface area contributed by atoms with Crippen molar-refractivity contribution in [2.75, 3.05) is 6.61 Å². The highest BCUT2D eigenvalue weighted by Crippen LogP contribution is 2.61. The van der Waals surface area contributed by atoms with Crippen LogP contribution in [0.4, 0.5) is 0 Å². The third kappa shape index (κ3) is 5.67. The van der Waals surface area contributed by atoms with Crippen LogP contribution in [0, 0.1) is 22.7 Å². The Morgan fingerprint density at radius 1 is 1.29 bits per heavy atom. The third-order valence-electron chi connectivity index (χ3n) is 8.02. The number of hydrogen-bond donors (Lipinski definition) is 0. The number of ketones is 1. The molecule has 0 spiro atoms. The molecule has 5 nitrogen and oxygen atoms in total. The number of carbonyl (C=O) groups excluding carboxylic acids is 3. The molecule has 2 aliphatic rings. The van der Waals surface area contributed by atoms with E-state index in [1.165, 1.54) is 12.5 Å². The van der Waals surface area contributed by atoms with Gasteiger partial charge in [-0.1, -0.05) is 33.3 Å². The summed E-state index contributed by atoms with van der Waals surface area (Å²) in [7, 11) is 0. The maximum Gasteiger partial charge on any atom is 0.306 e. The molecule has 2 rings (SSSR count). The number of ether oxygens (including phenoxy) is 2. The van der Waals surface area contributed by atoms with Gasteiger partial charge in [0.25, 0.3) is 0 Å². The van der Waals surface area contributed by atoms with E-state index in [0.717, 1.165) is 24.8 Å². The molecule has 0 aliphatic heterocycles. The maximum atomic E-state index is 12.5. The second kappa shape index (κ2) is 10.1. The fraction of sp³-hybridized carbons (Fsp3) is 0.731. The van der Waals surface area contributed by atoms with Crippen LogP contribution >= 0.6 is 0 Å². The summed E-state index contributed by atoms with van der Waals surface area (Å²) in [6, 6.07) is 0. The standard InChI is InChI=1S/C26H40O5/c1-8-9-24(29)30-13-11-17(2)22(31-20(5)27)16-26(7)18(3)10-12-25(6)19(4)14-21(28)15-23(25)26/h11,14,18,22-23H,8-10,12-13,15-16H2,1-7H3/b17-11+/t18-,22-,23+,25-,26+/m1/s1. The van der Waals surface area contributed by atoms with Crippen molar-refractivity contribution in [3.63, 3.8) is 0 Å². The summed E-state index contributed by atoms with van der Waals surface area (Å²) in [6.07, 6.45) is 7.76. The molecule has 1 fully saturated rings. The van der Waals surface area contributed by atoms with Crippen molar-refractivity contribution in [3.05, 3.63) is 23.3 Å². The van der Waals surface area contributed by atoms with Gasteiger partial charge in [-0.25, -0.2) is 0 Å². The normalized spacial score (nSPS) is 32.0. The maximum absolute atomic E-state index is 12.5. The van der Waals surface area contributed by atoms with Crippen molar-refractivity contribution in [1.29, 1.82) is 0 Å². The van der Waals surface area contributed by atoms with E-state index in [1.54, 1.807) is 0 Å². The van der Waals surface area contributed by atoms with Gasteiger partial charge in [-0.05, 0) is 79.9 Å². The van der Waals surface area contributed by atoms with E-state index < -0.39 is 6.10 Å². The van der Waals surface area contributed by atoms with Crippen LogP contribution in [-0.2, 0) is 23.9 Å². The van der Waals surface area contributed by atoms with Gasteiger partial charge >= 0.3 is 11.9 Å². The highest BCUT2D eigenvalue weighted by Gasteiger charge is 2.55. The van der Waals surface area contributed by atoms with Gasteiger partial charge in [0.1, 0.15) is 12.7 Å². The Hall–Kier alpha value is -1.91. The number of esters is 2. The van der Waals surface area contributed by atoms with E-state index in [0.29, 0.717) is 25.2 Å². The summed E-state index contributed by atoms with van der Waals surface area (Å²) in [5, 5.41) is 0. The molecular formula is C26H40O5. The Morgan fingerprint density at radius 3 is 2.58 bits per heavy atom. The first kappa shape index (κ1) is 25.4. The van der Waals surface area contributed by atoms with E-state index >= 15 is 0 Å². The SMILES string of the molecule is CCCC(=O)OC/C=C(\C)[C@@H](C[C@@]1(C)[C@H](C)CC[C@]2(C)C(C)=CC(=O)C[C@H]12)OC(C)=O. The molecular weight excluding hydrogens is 392 g/mol. The molecule has 0 aromatic carbocycles. The Labute approximate surface area is 187 Å². The minimum atomic E-state index is -0.404. The number of allylic oxidation sites excluding steroid dienone is 2. The van der Waals surface area contributed by atoms with Crippen LogP contribution in [0.25, 0.3) is 0 Å².